The molecule has 1 aliphatic heterocycles. The lowest BCUT2D eigenvalue weighted by atomic mass is 10.2. The number of hydrogen-bond donors (Lipinski definition) is 1. The lowest BCUT2D eigenvalue weighted by Gasteiger charge is -2.07. The molecule has 0 aliphatic carbocycles. The van der Waals surface area contributed by atoms with Crippen molar-refractivity contribution in [2.45, 2.75) is 6.92 Å². The maximum atomic E-state index is 11.4. The van der Waals surface area contributed by atoms with Crippen molar-refractivity contribution in [2.75, 3.05) is 17.3 Å². The molecule has 0 atom stereocenters. The maximum Gasteiger partial charge on any atom is 0.297 e. The molecule has 0 saturated heterocycles. The molecular formula is C9H10N2O6S. The van der Waals surface area contributed by atoms with Gasteiger partial charge in [-0.2, -0.15) is 0 Å². The Labute approximate surface area is 103 Å². The first-order valence-corrected chi connectivity index (χ1v) is 6.66. The van der Waals surface area contributed by atoms with Crippen LogP contribution in [0.15, 0.2) is 12.1 Å². The van der Waals surface area contributed by atoms with E-state index in [2.05, 4.69) is 4.72 Å². The summed E-state index contributed by atoms with van der Waals surface area (Å²) in [7, 11) is -3.60. The molecule has 0 spiro atoms. The van der Waals surface area contributed by atoms with Crippen LogP contribution in [0.2, 0.25) is 0 Å². The molecule has 0 amide bonds. The molecule has 9 heteroatoms. The standard InChI is InChI=1S/C9H10N2O6S/c1-2-18(14,15)10-6-3-8-9(17-5-16-8)4-7(6)11(12)13/h3-4,10H,2,5H2,1H3. The number of nitro groups is 1. The molecule has 1 N–H and O–H groups in total. The average molecular weight is 274 g/mol. The highest BCUT2D eigenvalue weighted by Crippen LogP contribution is 2.40. The number of rotatable bonds is 4. The zero-order valence-corrected chi connectivity index (χ0v) is 10.2. The molecular weight excluding hydrogens is 264 g/mol. The van der Waals surface area contributed by atoms with Crippen LogP contribution in [0, 0.1) is 10.1 Å². The molecule has 0 fully saturated rings. The second-order valence-electron chi connectivity index (χ2n) is 3.49. The van der Waals surface area contributed by atoms with Gasteiger partial charge in [0.2, 0.25) is 16.8 Å². The van der Waals surface area contributed by atoms with Gasteiger partial charge in [-0.1, -0.05) is 0 Å². The van der Waals surface area contributed by atoms with Gasteiger partial charge in [-0.3, -0.25) is 14.8 Å². The van der Waals surface area contributed by atoms with Gasteiger partial charge in [0.25, 0.3) is 5.69 Å². The average Bonchev–Trinajstić information content (AvgIpc) is 2.74. The van der Waals surface area contributed by atoms with E-state index in [0.29, 0.717) is 0 Å². The molecule has 8 nitrogen and oxygen atoms in total. The van der Waals surface area contributed by atoms with Crippen LogP contribution >= 0.6 is 0 Å². The minimum absolute atomic E-state index is 0.0452. The summed E-state index contributed by atoms with van der Waals surface area (Å²) in [6.07, 6.45) is 0. The summed E-state index contributed by atoms with van der Waals surface area (Å²) >= 11 is 0. The highest BCUT2D eigenvalue weighted by Gasteiger charge is 2.25. The van der Waals surface area contributed by atoms with Gasteiger partial charge >= 0.3 is 0 Å². The molecule has 0 saturated carbocycles. The highest BCUT2D eigenvalue weighted by molar-refractivity contribution is 7.92. The van der Waals surface area contributed by atoms with Gasteiger partial charge in [0.1, 0.15) is 5.69 Å². The third-order valence-corrected chi connectivity index (χ3v) is 3.62. The Bertz CT molecular complexity index is 597. The van der Waals surface area contributed by atoms with E-state index in [-0.39, 0.29) is 35.4 Å². The minimum atomic E-state index is -3.60. The van der Waals surface area contributed by atoms with Crippen molar-refractivity contribution in [1.82, 2.24) is 0 Å². The topological polar surface area (TPSA) is 108 Å². The van der Waals surface area contributed by atoms with Gasteiger partial charge in [0.05, 0.1) is 16.7 Å². The summed E-state index contributed by atoms with van der Waals surface area (Å²) in [6.45, 7) is 1.39. The second-order valence-corrected chi connectivity index (χ2v) is 5.50. The Morgan fingerprint density at radius 2 is 2.00 bits per heavy atom. The predicted molar refractivity (Wildman–Crippen MR) is 62.3 cm³/mol. The fraction of sp³-hybridized carbons (Fsp3) is 0.333. The predicted octanol–water partition coefficient (Wildman–Crippen LogP) is 1.09. The zero-order chi connectivity index (χ0) is 13.3. The molecule has 18 heavy (non-hydrogen) atoms. The first kappa shape index (κ1) is 12.4. The quantitative estimate of drug-likeness (QED) is 0.650. The number of anilines is 1. The van der Waals surface area contributed by atoms with Crippen LogP contribution in [0.25, 0.3) is 0 Å². The minimum Gasteiger partial charge on any atom is -0.454 e. The Kier molecular flexibility index (Phi) is 2.99. The third-order valence-electron chi connectivity index (χ3n) is 2.33. The van der Waals surface area contributed by atoms with Crippen molar-refractivity contribution >= 4 is 21.4 Å². The molecule has 1 aromatic rings. The summed E-state index contributed by atoms with van der Waals surface area (Å²) in [5, 5.41) is 10.9. The number of fused-ring (bicyclic) bond motifs is 1. The van der Waals surface area contributed by atoms with Crippen molar-refractivity contribution in [3.8, 4) is 11.5 Å². The molecule has 0 aromatic heterocycles. The van der Waals surface area contributed by atoms with Crippen molar-refractivity contribution in [3.63, 3.8) is 0 Å². The van der Waals surface area contributed by atoms with Gasteiger partial charge in [-0.15, -0.1) is 0 Å². The molecule has 98 valence electrons. The fourth-order valence-electron chi connectivity index (χ4n) is 1.40. The molecule has 0 bridgehead atoms. The summed E-state index contributed by atoms with van der Waals surface area (Å²) in [4.78, 5) is 10.2. The van der Waals surface area contributed by atoms with Gasteiger partial charge < -0.3 is 9.47 Å². The molecule has 1 heterocycles. The summed E-state index contributed by atoms with van der Waals surface area (Å²) in [5.41, 5.74) is -0.512. The number of ether oxygens (including phenoxy) is 2. The van der Waals surface area contributed by atoms with Crippen LogP contribution in [0.1, 0.15) is 6.92 Å². The largest absolute Gasteiger partial charge is 0.454 e. The normalized spacial score (nSPS) is 13.4. The van der Waals surface area contributed by atoms with E-state index in [4.69, 9.17) is 9.47 Å². The smallest absolute Gasteiger partial charge is 0.297 e. The van der Waals surface area contributed by atoms with Gasteiger partial charge in [0, 0.05) is 6.07 Å². The Morgan fingerprint density at radius 3 is 2.56 bits per heavy atom. The number of nitrogens with one attached hydrogen (secondary N) is 1. The Balaban J connectivity index is 2.48. The van der Waals surface area contributed by atoms with E-state index < -0.39 is 14.9 Å². The molecule has 2 rings (SSSR count). The van der Waals surface area contributed by atoms with Crippen LogP contribution < -0.4 is 14.2 Å². The first-order chi connectivity index (χ1) is 8.43. The summed E-state index contributed by atoms with van der Waals surface area (Å²) in [6, 6.07) is 2.38. The number of sulfonamides is 1. The Morgan fingerprint density at radius 1 is 1.39 bits per heavy atom. The van der Waals surface area contributed by atoms with Crippen molar-refractivity contribution in [1.29, 1.82) is 0 Å². The number of nitro benzene ring substituents is 1. The van der Waals surface area contributed by atoms with Crippen molar-refractivity contribution in [3.05, 3.63) is 22.2 Å². The number of nitrogens with zero attached hydrogens (tertiary/aromatic N) is 1. The van der Waals surface area contributed by atoms with Gasteiger partial charge in [-0.25, -0.2) is 8.42 Å². The summed E-state index contributed by atoms with van der Waals surface area (Å²) < 4.78 is 35.1. The van der Waals surface area contributed by atoms with E-state index in [9.17, 15) is 18.5 Å². The van der Waals surface area contributed by atoms with Gasteiger partial charge in [0.15, 0.2) is 11.5 Å². The number of hydrogen-bond acceptors (Lipinski definition) is 6. The molecule has 0 radical (unpaired) electrons. The third kappa shape index (κ3) is 2.30. The van der Waals surface area contributed by atoms with Crippen LogP contribution in [-0.2, 0) is 10.0 Å². The van der Waals surface area contributed by atoms with E-state index in [1.165, 1.54) is 13.0 Å². The van der Waals surface area contributed by atoms with Crippen molar-refractivity contribution < 1.29 is 22.8 Å². The van der Waals surface area contributed by atoms with Gasteiger partial charge in [-0.05, 0) is 6.92 Å². The van der Waals surface area contributed by atoms with Crippen LogP contribution in [-0.4, -0.2) is 25.9 Å². The second kappa shape index (κ2) is 4.33. The maximum absolute atomic E-state index is 11.4. The lowest BCUT2D eigenvalue weighted by Crippen LogP contribution is -2.15. The first-order valence-electron chi connectivity index (χ1n) is 5.01. The monoisotopic (exact) mass is 274 g/mol. The van der Waals surface area contributed by atoms with Crippen LogP contribution in [0.4, 0.5) is 11.4 Å². The van der Waals surface area contributed by atoms with E-state index >= 15 is 0 Å². The van der Waals surface area contributed by atoms with E-state index in [1.54, 1.807) is 0 Å². The van der Waals surface area contributed by atoms with E-state index in [0.717, 1.165) is 6.07 Å². The SMILES string of the molecule is CCS(=O)(=O)Nc1cc2c(cc1[N+](=O)[O-])OCO2. The van der Waals surface area contributed by atoms with Crippen LogP contribution in [0.3, 0.4) is 0 Å². The fourth-order valence-corrected chi connectivity index (χ4v) is 2.05. The zero-order valence-electron chi connectivity index (χ0n) is 9.37. The number of benzene rings is 1. The molecule has 1 aromatic carbocycles. The summed E-state index contributed by atoms with van der Waals surface area (Å²) in [5.74, 6) is 0.314. The van der Waals surface area contributed by atoms with Crippen LogP contribution in [0.5, 0.6) is 11.5 Å². The van der Waals surface area contributed by atoms with E-state index in [1.807, 2.05) is 0 Å². The highest BCUT2D eigenvalue weighted by atomic mass is 32.2. The molecule has 0 unspecified atom stereocenters. The lowest BCUT2D eigenvalue weighted by molar-refractivity contribution is -0.383. The molecule has 1 aliphatic rings. The Hall–Kier alpha value is -2.03. The van der Waals surface area contributed by atoms with Crippen molar-refractivity contribution in [2.24, 2.45) is 0 Å².